The minimum Gasteiger partial charge on any atom is -0.224 e. The first-order valence-electron chi connectivity index (χ1n) is 6.81. The molecule has 2 aromatic carbocycles. The van der Waals surface area contributed by atoms with Crippen LogP contribution in [0.15, 0.2) is 60.7 Å². The molecule has 0 aliphatic heterocycles. The Morgan fingerprint density at radius 3 is 1.62 bits per heavy atom. The third-order valence-electron chi connectivity index (χ3n) is 3.36. The van der Waals surface area contributed by atoms with Crippen molar-refractivity contribution < 1.29 is 21.6 Å². The summed E-state index contributed by atoms with van der Waals surface area (Å²) in [5.41, 5.74) is -4.55. The number of halogens is 4. The maximum absolute atomic E-state index is 12.8. The summed E-state index contributed by atoms with van der Waals surface area (Å²) < 4.78 is 63.2. The molecule has 0 unspecified atom stereocenters. The Hall–Kier alpha value is -1.61. The van der Waals surface area contributed by atoms with Crippen molar-refractivity contribution in [2.45, 2.75) is 17.6 Å². The average Bonchev–Trinajstić information content (AvgIpc) is 2.55. The van der Waals surface area contributed by atoms with Gasteiger partial charge in [0, 0.05) is 0 Å². The van der Waals surface area contributed by atoms with Crippen molar-refractivity contribution in [3.63, 3.8) is 0 Å². The fourth-order valence-corrected chi connectivity index (χ4v) is 3.19. The van der Waals surface area contributed by atoms with Gasteiger partial charge in [-0.15, -0.1) is 0 Å². The molecule has 24 heavy (non-hydrogen) atoms. The van der Waals surface area contributed by atoms with Crippen molar-refractivity contribution in [2.75, 3.05) is 0 Å². The van der Waals surface area contributed by atoms with Gasteiger partial charge >= 0.3 is 15.5 Å². The van der Waals surface area contributed by atoms with Crippen LogP contribution in [0.1, 0.15) is 23.2 Å². The van der Waals surface area contributed by atoms with Gasteiger partial charge in [-0.05, 0) is 22.9 Å². The van der Waals surface area contributed by atoms with Crippen LogP contribution in [0.5, 0.6) is 0 Å². The first kappa shape index (κ1) is 18.7. The number of benzene rings is 2. The molecular formula is C15H14ClF3N2O2S. The third-order valence-corrected chi connectivity index (χ3v) is 4.76. The Balaban J connectivity index is 2.48. The lowest BCUT2D eigenvalue weighted by molar-refractivity contribution is -0.0452. The van der Waals surface area contributed by atoms with Gasteiger partial charge in [-0.3, -0.25) is 0 Å². The van der Waals surface area contributed by atoms with Crippen LogP contribution in [0.4, 0.5) is 13.2 Å². The van der Waals surface area contributed by atoms with E-state index in [1.807, 2.05) is 0 Å². The zero-order valence-corrected chi connectivity index (χ0v) is 13.7. The Bertz CT molecular complexity index is 755. The molecule has 2 aromatic rings. The number of hydrogen-bond donors (Lipinski definition) is 2. The summed E-state index contributed by atoms with van der Waals surface area (Å²) in [6.45, 7) is 0. The van der Waals surface area contributed by atoms with Crippen molar-refractivity contribution in [1.29, 1.82) is 0 Å². The Labute approximate surface area is 142 Å². The molecule has 9 heteroatoms. The van der Waals surface area contributed by atoms with Crippen LogP contribution in [-0.4, -0.2) is 13.9 Å². The van der Waals surface area contributed by atoms with Gasteiger partial charge in [0.25, 0.3) is 0 Å². The van der Waals surface area contributed by atoms with Gasteiger partial charge in [-0.1, -0.05) is 60.7 Å². The van der Waals surface area contributed by atoms with E-state index in [1.54, 1.807) is 53.3 Å². The number of alkyl halides is 3. The van der Waals surface area contributed by atoms with Crippen LogP contribution in [0.2, 0.25) is 0 Å². The van der Waals surface area contributed by atoms with Crippen molar-refractivity contribution in [1.82, 2.24) is 9.56 Å². The lowest BCUT2D eigenvalue weighted by Gasteiger charge is -2.28. The van der Waals surface area contributed by atoms with Gasteiger partial charge in [0.05, 0.1) is 12.1 Å². The largest absolute Gasteiger partial charge is 0.511 e. The number of rotatable bonds is 6. The highest BCUT2D eigenvalue weighted by molar-refractivity contribution is 7.90. The van der Waals surface area contributed by atoms with E-state index >= 15 is 0 Å². The molecule has 2 N–H and O–H groups in total. The predicted molar refractivity (Wildman–Crippen MR) is 85.5 cm³/mol. The van der Waals surface area contributed by atoms with Crippen LogP contribution in [0, 0.1) is 0 Å². The van der Waals surface area contributed by atoms with Crippen molar-refractivity contribution in [2.24, 2.45) is 0 Å². The Kier molecular flexibility index (Phi) is 5.87. The molecule has 4 nitrogen and oxygen atoms in total. The van der Waals surface area contributed by atoms with Crippen LogP contribution in [0.25, 0.3) is 0 Å². The molecule has 0 fully saturated rings. The molecule has 0 saturated heterocycles. The van der Waals surface area contributed by atoms with E-state index in [1.165, 1.54) is 12.1 Å². The van der Waals surface area contributed by atoms with E-state index < -0.39 is 27.6 Å². The highest BCUT2D eigenvalue weighted by atomic mass is 35.5. The quantitative estimate of drug-likeness (QED) is 0.754. The highest BCUT2D eigenvalue weighted by Crippen LogP contribution is 2.33. The zero-order chi connectivity index (χ0) is 17.8. The summed E-state index contributed by atoms with van der Waals surface area (Å²) in [6.07, 6.45) is 0. The normalized spacial score (nSPS) is 15.0. The monoisotopic (exact) mass is 378 g/mol. The molecule has 0 heterocycles. The fraction of sp³-hybridized carbons (Fsp3) is 0.200. The molecule has 130 valence electrons. The molecule has 2 atom stereocenters. The summed E-state index contributed by atoms with van der Waals surface area (Å²) in [7, 11) is -5.56. The van der Waals surface area contributed by atoms with E-state index in [0.29, 0.717) is 11.1 Å². The van der Waals surface area contributed by atoms with Crippen LogP contribution in [-0.2, 0) is 10.0 Å². The van der Waals surface area contributed by atoms with Gasteiger partial charge < -0.3 is 0 Å². The van der Waals surface area contributed by atoms with E-state index in [9.17, 15) is 21.6 Å². The van der Waals surface area contributed by atoms with E-state index in [-0.39, 0.29) is 0 Å². The van der Waals surface area contributed by atoms with Crippen molar-refractivity contribution in [3.05, 3.63) is 71.8 Å². The Morgan fingerprint density at radius 1 is 0.833 bits per heavy atom. The second-order valence-corrected chi connectivity index (χ2v) is 6.88. The molecule has 0 spiro atoms. The van der Waals surface area contributed by atoms with Gasteiger partial charge in [-0.25, -0.2) is 13.3 Å². The number of hydrogen-bond acceptors (Lipinski definition) is 3. The minimum absolute atomic E-state index is 0.340. The van der Waals surface area contributed by atoms with Gasteiger partial charge in [0.1, 0.15) is 0 Å². The summed E-state index contributed by atoms with van der Waals surface area (Å²) in [5.74, 6) is 0. The summed E-state index contributed by atoms with van der Waals surface area (Å²) in [5, 5.41) is 0. The maximum Gasteiger partial charge on any atom is 0.511 e. The van der Waals surface area contributed by atoms with Gasteiger partial charge in [0.2, 0.25) is 0 Å². The molecule has 2 rings (SSSR count). The predicted octanol–water partition coefficient (Wildman–Crippen LogP) is 3.65. The topological polar surface area (TPSA) is 58.2 Å². The van der Waals surface area contributed by atoms with Gasteiger partial charge in [0.15, 0.2) is 0 Å². The first-order valence-corrected chi connectivity index (χ1v) is 8.67. The van der Waals surface area contributed by atoms with Crippen LogP contribution in [0.3, 0.4) is 0 Å². The van der Waals surface area contributed by atoms with Crippen LogP contribution < -0.4 is 9.56 Å². The number of sulfonamides is 1. The highest BCUT2D eigenvalue weighted by Gasteiger charge is 2.48. The van der Waals surface area contributed by atoms with E-state index in [2.05, 4.69) is 4.84 Å². The molecular weight excluding hydrogens is 365 g/mol. The number of nitrogens with one attached hydrogen (secondary N) is 2. The summed E-state index contributed by atoms with van der Waals surface area (Å²) >= 11 is 5.72. The van der Waals surface area contributed by atoms with Crippen molar-refractivity contribution in [3.8, 4) is 0 Å². The molecule has 0 amide bonds. The van der Waals surface area contributed by atoms with Gasteiger partial charge in [-0.2, -0.15) is 17.9 Å². The summed E-state index contributed by atoms with van der Waals surface area (Å²) in [4.78, 5) is 2.37. The van der Waals surface area contributed by atoms with E-state index in [4.69, 9.17) is 11.8 Å². The maximum atomic E-state index is 12.8. The van der Waals surface area contributed by atoms with Crippen molar-refractivity contribution >= 4 is 21.8 Å². The summed E-state index contributed by atoms with van der Waals surface area (Å²) in [6, 6.07) is 14.1. The zero-order valence-electron chi connectivity index (χ0n) is 12.2. The Morgan fingerprint density at radius 2 is 1.25 bits per heavy atom. The SMILES string of the molecule is O=S(=O)(N[C@@H](c1ccccc1)[C@@H](NCl)c1ccccc1)C(F)(F)F. The average molecular weight is 379 g/mol. The molecule has 0 aromatic heterocycles. The molecule has 0 aliphatic carbocycles. The standard InChI is InChI=1S/C15H14ClF3N2O2S/c16-20-13(11-7-3-1-4-8-11)14(12-9-5-2-6-10-12)21-24(22,23)15(17,18)19/h1-10,13-14,20-21H/t13-,14-/m0/s1. The minimum atomic E-state index is -5.56. The third kappa shape index (κ3) is 4.27. The second kappa shape index (κ2) is 7.52. The van der Waals surface area contributed by atoms with Crippen LogP contribution >= 0.6 is 11.8 Å². The first-order chi connectivity index (χ1) is 11.3. The lowest BCUT2D eigenvalue weighted by atomic mass is 9.95. The smallest absolute Gasteiger partial charge is 0.224 e. The fourth-order valence-electron chi connectivity index (χ4n) is 2.20. The molecule has 0 bridgehead atoms. The molecule has 0 aliphatic rings. The second-order valence-electron chi connectivity index (χ2n) is 4.95. The van der Waals surface area contributed by atoms with E-state index in [0.717, 1.165) is 0 Å². The molecule has 0 radical (unpaired) electrons. The molecule has 0 saturated carbocycles. The lowest BCUT2D eigenvalue weighted by Crippen LogP contribution is -2.42.